The summed E-state index contributed by atoms with van der Waals surface area (Å²) in [5.74, 6) is 1.87. The zero-order valence-corrected chi connectivity index (χ0v) is 16.2. The third-order valence-electron chi connectivity index (χ3n) is 3.85. The first kappa shape index (κ1) is 19.5. The third kappa shape index (κ3) is 3.85. The summed E-state index contributed by atoms with van der Waals surface area (Å²) in [7, 11) is -3.37. The van der Waals surface area contributed by atoms with Gasteiger partial charge in [-0.2, -0.15) is 4.99 Å². The molecule has 0 unspecified atom stereocenters. The number of non-ortho nitro benzene ring substituents is 1. The van der Waals surface area contributed by atoms with E-state index in [0.717, 1.165) is 6.26 Å². The molecule has 0 saturated carbocycles. The molecule has 1 amide bonds. The van der Waals surface area contributed by atoms with Gasteiger partial charge in [0.1, 0.15) is 0 Å². The maximum Gasteiger partial charge on any atom is 0.279 e. The minimum absolute atomic E-state index is 0.0836. The number of amides is 1. The molecule has 0 bridgehead atoms. The van der Waals surface area contributed by atoms with Gasteiger partial charge in [0.2, 0.25) is 0 Å². The molecule has 8 nitrogen and oxygen atoms in total. The van der Waals surface area contributed by atoms with Crippen LogP contribution in [0.5, 0.6) is 0 Å². The molecular weight excluding hydrogens is 402 g/mol. The van der Waals surface area contributed by atoms with Gasteiger partial charge in [-0.05, 0) is 30.3 Å². The van der Waals surface area contributed by atoms with Crippen LogP contribution in [0.4, 0.5) is 5.69 Å². The number of benzene rings is 2. The van der Waals surface area contributed by atoms with Crippen LogP contribution in [0.25, 0.3) is 10.2 Å². The van der Waals surface area contributed by atoms with E-state index < -0.39 is 20.7 Å². The lowest BCUT2D eigenvalue weighted by Gasteiger charge is -2.01. The summed E-state index contributed by atoms with van der Waals surface area (Å²) in [5, 5.41) is 11.0. The molecule has 10 heteroatoms. The maximum absolute atomic E-state index is 12.5. The number of nitrogens with zero attached hydrogens (tertiary/aromatic N) is 3. The molecule has 0 atom stereocenters. The van der Waals surface area contributed by atoms with E-state index in [1.54, 1.807) is 10.6 Å². The molecule has 0 N–H and O–H groups in total. The van der Waals surface area contributed by atoms with Gasteiger partial charge in [-0.25, -0.2) is 8.42 Å². The average Bonchev–Trinajstić information content (AvgIpc) is 2.98. The Hall–Kier alpha value is -3.29. The minimum atomic E-state index is -3.37. The normalized spacial score (nSPS) is 12.1. The summed E-state index contributed by atoms with van der Waals surface area (Å²) in [6.07, 6.45) is 6.47. The Bertz CT molecular complexity index is 1310. The van der Waals surface area contributed by atoms with E-state index >= 15 is 0 Å². The number of aromatic nitrogens is 1. The highest BCUT2D eigenvalue weighted by molar-refractivity contribution is 7.90. The van der Waals surface area contributed by atoms with Gasteiger partial charge in [-0.3, -0.25) is 14.9 Å². The van der Waals surface area contributed by atoms with Crippen molar-refractivity contribution >= 4 is 43.0 Å². The van der Waals surface area contributed by atoms with Crippen molar-refractivity contribution in [2.75, 3.05) is 6.26 Å². The number of thiazole rings is 1. The van der Waals surface area contributed by atoms with E-state index in [1.165, 1.54) is 47.7 Å². The molecule has 142 valence electrons. The second-order valence-electron chi connectivity index (χ2n) is 5.80. The van der Waals surface area contributed by atoms with Gasteiger partial charge >= 0.3 is 0 Å². The van der Waals surface area contributed by atoms with Gasteiger partial charge in [0, 0.05) is 24.0 Å². The highest BCUT2D eigenvalue weighted by Gasteiger charge is 2.14. The Morgan fingerprint density at radius 1 is 1.29 bits per heavy atom. The highest BCUT2D eigenvalue weighted by atomic mass is 32.2. The molecule has 0 aliphatic carbocycles. The summed E-state index contributed by atoms with van der Waals surface area (Å²) >= 11 is 1.18. The molecule has 0 fully saturated rings. The van der Waals surface area contributed by atoms with Crippen LogP contribution in [0.3, 0.4) is 0 Å². The summed E-state index contributed by atoms with van der Waals surface area (Å²) in [5.41, 5.74) is 0.629. The van der Waals surface area contributed by atoms with Crippen molar-refractivity contribution in [2.45, 2.75) is 11.4 Å². The molecule has 1 heterocycles. The lowest BCUT2D eigenvalue weighted by atomic mass is 10.2. The Morgan fingerprint density at radius 2 is 1.96 bits per heavy atom. The van der Waals surface area contributed by atoms with Crippen LogP contribution in [0.1, 0.15) is 10.4 Å². The van der Waals surface area contributed by atoms with Crippen LogP contribution >= 0.6 is 11.3 Å². The Morgan fingerprint density at radius 3 is 2.54 bits per heavy atom. The van der Waals surface area contributed by atoms with Crippen LogP contribution < -0.4 is 4.80 Å². The van der Waals surface area contributed by atoms with Crippen molar-refractivity contribution in [2.24, 2.45) is 4.99 Å². The number of terminal acetylenes is 1. The lowest BCUT2D eigenvalue weighted by Crippen LogP contribution is -2.16. The first-order chi connectivity index (χ1) is 13.2. The van der Waals surface area contributed by atoms with Gasteiger partial charge in [-0.15, -0.1) is 6.42 Å². The number of rotatable bonds is 4. The van der Waals surface area contributed by atoms with Crippen LogP contribution in [0.15, 0.2) is 52.4 Å². The van der Waals surface area contributed by atoms with E-state index in [1.807, 2.05) is 0 Å². The van der Waals surface area contributed by atoms with Gasteiger partial charge in [0.25, 0.3) is 11.6 Å². The van der Waals surface area contributed by atoms with Crippen LogP contribution in [-0.4, -0.2) is 30.1 Å². The van der Waals surface area contributed by atoms with E-state index in [4.69, 9.17) is 6.42 Å². The standard InChI is InChI=1S/C18H13N3O5S2/c1-3-10-20-15-11-13(21(23)24)6-9-16(15)27-18(20)19-17(22)12-4-7-14(8-5-12)28(2,25)26/h1,4-9,11H,10H2,2H3. The zero-order chi connectivity index (χ0) is 20.5. The summed E-state index contributed by atoms with van der Waals surface area (Å²) in [6, 6.07) is 9.76. The van der Waals surface area contributed by atoms with E-state index in [-0.39, 0.29) is 22.7 Å². The number of sulfone groups is 1. The van der Waals surface area contributed by atoms with Crippen molar-refractivity contribution in [1.29, 1.82) is 0 Å². The molecule has 3 aromatic rings. The van der Waals surface area contributed by atoms with Crippen LogP contribution in [-0.2, 0) is 16.4 Å². The van der Waals surface area contributed by atoms with Crippen molar-refractivity contribution in [3.05, 3.63) is 62.9 Å². The second-order valence-corrected chi connectivity index (χ2v) is 8.82. The highest BCUT2D eigenvalue weighted by Crippen LogP contribution is 2.23. The van der Waals surface area contributed by atoms with Crippen molar-refractivity contribution in [1.82, 2.24) is 4.57 Å². The molecule has 0 aliphatic heterocycles. The summed E-state index contributed by atoms with van der Waals surface area (Å²) in [6.45, 7) is 0.0836. The Labute approximate surface area is 163 Å². The van der Waals surface area contributed by atoms with E-state index in [9.17, 15) is 23.3 Å². The zero-order valence-electron chi connectivity index (χ0n) is 14.5. The van der Waals surface area contributed by atoms with Gasteiger partial charge in [-0.1, -0.05) is 17.3 Å². The molecule has 3 rings (SSSR count). The van der Waals surface area contributed by atoms with Crippen LogP contribution in [0.2, 0.25) is 0 Å². The molecule has 28 heavy (non-hydrogen) atoms. The van der Waals surface area contributed by atoms with Crippen molar-refractivity contribution in [3.63, 3.8) is 0 Å². The molecule has 0 radical (unpaired) electrons. The van der Waals surface area contributed by atoms with Gasteiger partial charge < -0.3 is 4.57 Å². The number of carbonyl (C=O) groups is 1. The molecule has 1 aromatic heterocycles. The smallest absolute Gasteiger partial charge is 0.279 e. The number of nitro groups is 1. The lowest BCUT2D eigenvalue weighted by molar-refractivity contribution is -0.384. The fourth-order valence-electron chi connectivity index (χ4n) is 2.50. The third-order valence-corrected chi connectivity index (χ3v) is 6.04. The number of nitro benzene ring substituents is 1. The van der Waals surface area contributed by atoms with Crippen molar-refractivity contribution < 1.29 is 18.1 Å². The number of hydrogen-bond donors (Lipinski definition) is 0. The van der Waals surface area contributed by atoms with Crippen LogP contribution in [0, 0.1) is 22.5 Å². The quantitative estimate of drug-likeness (QED) is 0.369. The van der Waals surface area contributed by atoms with Crippen molar-refractivity contribution in [3.8, 4) is 12.3 Å². The van der Waals surface area contributed by atoms with Gasteiger partial charge in [0.15, 0.2) is 14.6 Å². The molecule has 0 saturated heterocycles. The molecule has 0 aliphatic rings. The molecule has 2 aromatic carbocycles. The maximum atomic E-state index is 12.5. The number of hydrogen-bond acceptors (Lipinski definition) is 6. The van der Waals surface area contributed by atoms with Gasteiger partial charge in [0.05, 0.1) is 26.6 Å². The first-order valence-electron chi connectivity index (χ1n) is 7.81. The Balaban J connectivity index is 2.10. The predicted octanol–water partition coefficient (Wildman–Crippen LogP) is 2.39. The fourth-order valence-corrected chi connectivity index (χ4v) is 4.14. The largest absolute Gasteiger partial charge is 0.304 e. The average molecular weight is 415 g/mol. The topological polar surface area (TPSA) is 112 Å². The number of fused-ring (bicyclic) bond motifs is 1. The molecule has 0 spiro atoms. The van der Waals surface area contributed by atoms with E-state index in [2.05, 4.69) is 10.9 Å². The molecular formula is C18H13N3O5S2. The summed E-state index contributed by atoms with van der Waals surface area (Å²) < 4.78 is 25.3. The monoisotopic (exact) mass is 415 g/mol. The van der Waals surface area contributed by atoms with E-state index in [0.29, 0.717) is 15.0 Å². The fraction of sp³-hybridized carbons (Fsp3) is 0.111. The number of carbonyl (C=O) groups excluding carboxylic acids is 1. The minimum Gasteiger partial charge on any atom is -0.304 e. The summed E-state index contributed by atoms with van der Waals surface area (Å²) in [4.78, 5) is 27.5. The predicted molar refractivity (Wildman–Crippen MR) is 105 cm³/mol. The SMILES string of the molecule is C#CCn1c(=NC(=O)c2ccc(S(C)(=O)=O)cc2)sc2ccc([N+](=O)[O-])cc21. The second kappa shape index (κ2) is 7.38. The Kier molecular flexibility index (Phi) is 5.13. The first-order valence-corrected chi connectivity index (χ1v) is 10.5.